The van der Waals surface area contributed by atoms with Gasteiger partial charge in [-0.1, -0.05) is 123 Å². The highest BCUT2D eigenvalue weighted by Crippen LogP contribution is 2.52. The summed E-state index contributed by atoms with van der Waals surface area (Å²) < 4.78 is 2.81. The summed E-state index contributed by atoms with van der Waals surface area (Å²) in [4.78, 5) is 5.22. The van der Waals surface area contributed by atoms with Gasteiger partial charge in [-0.25, -0.2) is 0 Å². The van der Waals surface area contributed by atoms with Crippen molar-refractivity contribution in [3.8, 4) is 0 Å². The van der Waals surface area contributed by atoms with Gasteiger partial charge in [-0.2, -0.15) is 0 Å². The van der Waals surface area contributed by atoms with Crippen molar-refractivity contribution in [2.45, 2.75) is 111 Å². The Hall–Kier alpha value is -4.28. The second kappa shape index (κ2) is 11.4. The average Bonchev–Trinajstić information content (AvgIpc) is 3.48. The maximum absolute atomic E-state index is 2.68. The Kier molecular flexibility index (Phi) is 7.40. The minimum Gasteiger partial charge on any atom is -0.311 e. The monoisotopic (exact) mass is 712 g/mol. The van der Waals surface area contributed by atoms with Crippen LogP contribution < -0.4 is 25.5 Å². The molecule has 3 heterocycles. The van der Waals surface area contributed by atoms with E-state index in [1.165, 1.54) is 101 Å². The van der Waals surface area contributed by atoms with Gasteiger partial charge in [0, 0.05) is 43.3 Å². The lowest BCUT2D eigenvalue weighted by Crippen LogP contribution is -2.60. The Labute approximate surface area is 322 Å². The fourth-order valence-corrected chi connectivity index (χ4v) is 10.6. The number of aryl methyl sites for hydroxylation is 1. The number of anilines is 6. The Bertz CT molecular complexity index is 2450. The van der Waals surface area contributed by atoms with Gasteiger partial charge in [0.1, 0.15) is 0 Å². The van der Waals surface area contributed by atoms with Crippen molar-refractivity contribution in [1.82, 2.24) is 0 Å². The van der Waals surface area contributed by atoms with Crippen LogP contribution in [-0.2, 0) is 21.7 Å². The van der Waals surface area contributed by atoms with Crippen molar-refractivity contribution in [2.24, 2.45) is 0 Å². The molecule has 0 saturated heterocycles. The molecule has 3 aliphatic rings. The maximum atomic E-state index is 2.68. The summed E-state index contributed by atoms with van der Waals surface area (Å²) in [6.07, 6.45) is 2.40. The summed E-state index contributed by atoms with van der Waals surface area (Å²) in [5, 5.41) is 1.35. The van der Waals surface area contributed by atoms with Crippen molar-refractivity contribution < 1.29 is 0 Å². The molecule has 53 heavy (non-hydrogen) atoms. The second-order valence-electron chi connectivity index (χ2n) is 19.4. The molecule has 2 nitrogen and oxygen atoms in total. The molecule has 2 aliphatic heterocycles. The van der Waals surface area contributed by atoms with E-state index in [4.69, 9.17) is 0 Å². The van der Waals surface area contributed by atoms with E-state index in [2.05, 4.69) is 183 Å². The van der Waals surface area contributed by atoms with Crippen LogP contribution in [0.1, 0.15) is 110 Å². The number of thiophene rings is 1. The molecular weight excluding hydrogens is 659 g/mol. The van der Waals surface area contributed by atoms with E-state index in [1.807, 2.05) is 11.3 Å². The molecular formula is C49H53BN2S. The summed E-state index contributed by atoms with van der Waals surface area (Å²) in [5.74, 6) is 0. The molecule has 0 radical (unpaired) electrons. The Balaban J connectivity index is 1.42. The molecule has 6 aromatic rings. The van der Waals surface area contributed by atoms with E-state index in [0.29, 0.717) is 0 Å². The van der Waals surface area contributed by atoms with E-state index in [9.17, 15) is 0 Å². The van der Waals surface area contributed by atoms with Gasteiger partial charge in [0.05, 0.1) is 5.69 Å². The average molecular weight is 713 g/mol. The van der Waals surface area contributed by atoms with E-state index >= 15 is 0 Å². The van der Waals surface area contributed by atoms with Crippen LogP contribution in [-0.4, -0.2) is 6.71 Å². The standard InChI is InChI=1S/C49H53BN2S/c1-30-16-19-33(20-17-30)51-39-15-13-12-14-38(39)50-43-40(51)26-32(47(5,6)7)27-41(43)52(34-21-23-36-37(29-34)49(10,11)25-24-48(36,8)9)44-35-22-18-31(46(2,3)4)28-42(35)53-45(44)50/h12-23,26-29H,24-25H2,1-11H3. The van der Waals surface area contributed by atoms with E-state index in [-0.39, 0.29) is 28.4 Å². The van der Waals surface area contributed by atoms with Gasteiger partial charge in [0.25, 0.3) is 6.71 Å². The van der Waals surface area contributed by atoms with Crippen LogP contribution in [0.4, 0.5) is 34.1 Å². The van der Waals surface area contributed by atoms with Crippen LogP contribution >= 0.6 is 11.3 Å². The highest BCUT2D eigenvalue weighted by Gasteiger charge is 2.46. The van der Waals surface area contributed by atoms with E-state index in [0.717, 1.165) is 0 Å². The summed E-state index contributed by atoms with van der Waals surface area (Å²) in [7, 11) is 0. The van der Waals surface area contributed by atoms with Crippen LogP contribution in [0.25, 0.3) is 10.1 Å². The molecule has 1 aromatic heterocycles. The Morgan fingerprint density at radius 3 is 1.91 bits per heavy atom. The summed E-state index contributed by atoms with van der Waals surface area (Å²) in [6.45, 7) is 26.2. The highest BCUT2D eigenvalue weighted by atomic mass is 32.1. The molecule has 4 heteroatoms. The van der Waals surface area contributed by atoms with Gasteiger partial charge in [-0.3, -0.25) is 0 Å². The van der Waals surface area contributed by atoms with Crippen LogP contribution in [0.15, 0.2) is 97.1 Å². The van der Waals surface area contributed by atoms with Gasteiger partial charge in [-0.05, 0) is 123 Å². The SMILES string of the molecule is Cc1ccc(N2c3ccccc3B3c4sc5cc(C(C)(C)C)ccc5c4N(c4ccc5c(c4)C(C)(C)CCC5(C)C)c4cc(C(C)(C)C)cc2c43)cc1. The van der Waals surface area contributed by atoms with Crippen LogP contribution in [0.3, 0.4) is 0 Å². The first-order chi connectivity index (χ1) is 24.9. The molecule has 0 saturated carbocycles. The number of fused-ring (bicyclic) bond motifs is 7. The van der Waals surface area contributed by atoms with E-state index < -0.39 is 0 Å². The Morgan fingerprint density at radius 2 is 1.23 bits per heavy atom. The van der Waals surface area contributed by atoms with Crippen LogP contribution in [0, 0.1) is 6.92 Å². The zero-order valence-electron chi connectivity index (χ0n) is 33.5. The smallest absolute Gasteiger partial charge is 0.264 e. The zero-order chi connectivity index (χ0) is 37.4. The molecule has 268 valence electrons. The van der Waals surface area contributed by atoms with Crippen molar-refractivity contribution in [1.29, 1.82) is 0 Å². The largest absolute Gasteiger partial charge is 0.311 e. The molecule has 0 atom stereocenters. The summed E-state index contributed by atoms with van der Waals surface area (Å²) >= 11 is 2.01. The number of hydrogen-bond acceptors (Lipinski definition) is 3. The first-order valence-electron chi connectivity index (χ1n) is 19.6. The van der Waals surface area contributed by atoms with Crippen LogP contribution in [0.2, 0.25) is 0 Å². The van der Waals surface area contributed by atoms with Gasteiger partial charge in [-0.15, -0.1) is 11.3 Å². The van der Waals surface area contributed by atoms with Gasteiger partial charge in [0.2, 0.25) is 0 Å². The van der Waals surface area contributed by atoms with Crippen molar-refractivity contribution in [3.63, 3.8) is 0 Å². The normalized spacial score (nSPS) is 17.0. The lowest BCUT2D eigenvalue weighted by molar-refractivity contribution is 0.332. The quantitative estimate of drug-likeness (QED) is 0.165. The number of nitrogens with zero attached hydrogens (tertiary/aromatic N) is 2. The molecule has 0 spiro atoms. The molecule has 0 unspecified atom stereocenters. The molecule has 1 aliphatic carbocycles. The second-order valence-corrected chi connectivity index (χ2v) is 20.5. The fourth-order valence-electron chi connectivity index (χ4n) is 9.29. The predicted octanol–water partition coefficient (Wildman–Crippen LogP) is 12.2. The third-order valence-corrected chi connectivity index (χ3v) is 13.9. The predicted molar refractivity (Wildman–Crippen MR) is 233 cm³/mol. The van der Waals surface area contributed by atoms with Crippen LogP contribution in [0.5, 0.6) is 0 Å². The van der Waals surface area contributed by atoms with Gasteiger partial charge >= 0.3 is 0 Å². The lowest BCUT2D eigenvalue weighted by Gasteiger charge is -2.45. The number of rotatable bonds is 2. The Morgan fingerprint density at radius 1 is 0.604 bits per heavy atom. The maximum Gasteiger partial charge on any atom is 0.264 e. The van der Waals surface area contributed by atoms with E-state index in [1.54, 1.807) is 0 Å². The third kappa shape index (κ3) is 5.26. The van der Waals surface area contributed by atoms with Crippen molar-refractivity contribution >= 4 is 78.0 Å². The minimum atomic E-state index is -0.0525. The molecule has 9 rings (SSSR count). The van der Waals surface area contributed by atoms with Crippen molar-refractivity contribution in [3.05, 3.63) is 125 Å². The first-order valence-corrected chi connectivity index (χ1v) is 20.4. The first kappa shape index (κ1) is 34.5. The molecule has 0 amide bonds. The topological polar surface area (TPSA) is 6.48 Å². The van der Waals surface area contributed by atoms with Crippen molar-refractivity contribution in [2.75, 3.05) is 9.80 Å². The zero-order valence-corrected chi connectivity index (χ0v) is 34.3. The molecule has 0 fully saturated rings. The fraction of sp³-hybridized carbons (Fsp3) is 0.347. The number of benzene rings is 5. The highest BCUT2D eigenvalue weighted by molar-refractivity contribution is 7.33. The molecule has 0 N–H and O–H groups in total. The molecule has 0 bridgehead atoms. The molecule has 5 aromatic carbocycles. The van der Waals surface area contributed by atoms with Gasteiger partial charge in [0.15, 0.2) is 0 Å². The summed E-state index contributed by atoms with van der Waals surface area (Å²) in [5.41, 5.74) is 17.8. The van der Waals surface area contributed by atoms with Gasteiger partial charge < -0.3 is 9.80 Å². The minimum absolute atomic E-state index is 0.0525. The number of para-hydroxylation sites is 1. The lowest BCUT2D eigenvalue weighted by atomic mass is 9.36. The summed E-state index contributed by atoms with van der Waals surface area (Å²) in [6, 6.07) is 38.1. The third-order valence-electron chi connectivity index (χ3n) is 12.7. The number of hydrogen-bond donors (Lipinski definition) is 0.